The molecule has 3 rings (SSSR count). The molecule has 1 aromatic rings. The Morgan fingerprint density at radius 2 is 1.92 bits per heavy atom. The minimum absolute atomic E-state index is 0. The van der Waals surface area contributed by atoms with E-state index in [1.807, 2.05) is 12.2 Å². The van der Waals surface area contributed by atoms with E-state index in [-0.39, 0.29) is 51.4 Å². The van der Waals surface area contributed by atoms with Crippen molar-refractivity contribution in [3.63, 3.8) is 0 Å². The molecule has 7 heteroatoms. The number of fused-ring (bicyclic) bond motifs is 1. The number of hydrogen-bond acceptors (Lipinski definition) is 1. The number of hydrogen-bond donors (Lipinski definition) is 0. The van der Waals surface area contributed by atoms with E-state index in [2.05, 4.69) is 60.2 Å². The van der Waals surface area contributed by atoms with Crippen molar-refractivity contribution < 1.29 is 51.3 Å². The molecule has 0 fully saturated rings. The average molecular weight is 504 g/mol. The molecule has 2 nitrogen and oxygen atoms in total. The standard InChI is InChI=1S/C19H20BrNOSi.2ClH.Ti/c1-11-9-12-5-4-6-13(15(12)10-11)17-14(19(21)22)7-8-16(20)18(17)23(2)3;;;/h4-8,10,16H,9H2,1-3H3,(H2,21,22);2*1H;/q;;;+3/p-3. The maximum absolute atomic E-state index is 11.9. The molecule has 2 aliphatic rings. The zero-order valence-electron chi connectivity index (χ0n) is 14.8. The van der Waals surface area contributed by atoms with Crippen LogP contribution in [-0.4, -0.2) is 24.3 Å². The van der Waals surface area contributed by atoms with Gasteiger partial charge in [-0.3, -0.25) is 0 Å². The summed E-state index contributed by atoms with van der Waals surface area (Å²) in [5.41, 5.74) is 14.2. The molecule has 2 aliphatic carbocycles. The second-order valence-electron chi connectivity index (χ2n) is 6.34. The molecule has 1 N–H and O–H groups in total. The molecule has 0 heterocycles. The molecule has 0 saturated heterocycles. The summed E-state index contributed by atoms with van der Waals surface area (Å²) in [6.45, 7) is 6.62. The van der Waals surface area contributed by atoms with Crippen LogP contribution in [0.25, 0.3) is 17.4 Å². The first-order valence-electron chi connectivity index (χ1n) is 7.69. The molecule has 0 spiro atoms. The molecule has 1 unspecified atom stereocenters. The van der Waals surface area contributed by atoms with Gasteiger partial charge in [0.15, 0.2) is 0 Å². The van der Waals surface area contributed by atoms with Crippen LogP contribution in [-0.2, 0) is 32.9 Å². The van der Waals surface area contributed by atoms with Gasteiger partial charge in [-0.1, -0.05) is 71.0 Å². The van der Waals surface area contributed by atoms with Crippen molar-refractivity contribution in [1.29, 1.82) is 0 Å². The van der Waals surface area contributed by atoms with Gasteiger partial charge in [-0.25, -0.2) is 0 Å². The zero-order valence-corrected chi connectivity index (χ0v) is 20.5. The molecule has 1 radical (unpaired) electrons. The fourth-order valence-electron chi connectivity index (χ4n) is 3.40. The number of rotatable bonds is 2. The number of alkyl halides is 1. The van der Waals surface area contributed by atoms with Crippen LogP contribution < -0.4 is 24.8 Å². The summed E-state index contributed by atoms with van der Waals surface area (Å²) in [6.07, 6.45) is 6.99. The molecular formula is C19H19BrCl2NOSiTi. The van der Waals surface area contributed by atoms with Gasteiger partial charge in [0.05, 0.1) is 10.7 Å². The normalized spacial score (nSPS) is 17.5. The van der Waals surface area contributed by atoms with Crippen LogP contribution in [0.4, 0.5) is 0 Å². The predicted molar refractivity (Wildman–Crippen MR) is 104 cm³/mol. The van der Waals surface area contributed by atoms with Crippen molar-refractivity contribution in [3.8, 4) is 0 Å². The van der Waals surface area contributed by atoms with Gasteiger partial charge in [0, 0.05) is 14.0 Å². The van der Waals surface area contributed by atoms with Gasteiger partial charge >= 0.3 is 21.7 Å². The van der Waals surface area contributed by atoms with Crippen LogP contribution in [0.15, 0.2) is 41.5 Å². The molecular weight excluding hydrogens is 485 g/mol. The van der Waals surface area contributed by atoms with E-state index < -0.39 is 14.3 Å². The van der Waals surface area contributed by atoms with Crippen molar-refractivity contribution in [1.82, 2.24) is 0 Å². The van der Waals surface area contributed by atoms with Crippen molar-refractivity contribution in [2.45, 2.75) is 31.3 Å². The van der Waals surface area contributed by atoms with Crippen LogP contribution in [0.1, 0.15) is 23.6 Å². The number of carbonyl (C=O) groups excluding carboxylic acids is 1. The Labute approximate surface area is 192 Å². The van der Waals surface area contributed by atoms with Crippen LogP contribution in [0, 0.1) is 0 Å². The molecule has 0 saturated carbocycles. The van der Waals surface area contributed by atoms with Gasteiger partial charge in [-0.15, -0.1) is 0 Å². The van der Waals surface area contributed by atoms with E-state index in [4.69, 9.17) is 5.73 Å². The van der Waals surface area contributed by atoms with Gasteiger partial charge in [-0.05, 0) is 40.8 Å². The van der Waals surface area contributed by atoms with Gasteiger partial charge in [0.1, 0.15) is 0 Å². The minimum Gasteiger partial charge on any atom is -1.00 e. The third-order valence-corrected chi connectivity index (χ3v) is 7.18. The molecule has 0 bridgehead atoms. The van der Waals surface area contributed by atoms with E-state index in [1.165, 1.54) is 21.9 Å². The first-order chi connectivity index (χ1) is 10.9. The van der Waals surface area contributed by atoms with Crippen LogP contribution >= 0.6 is 15.9 Å². The molecule has 26 heavy (non-hydrogen) atoms. The summed E-state index contributed by atoms with van der Waals surface area (Å²) in [5, 5.41) is 1.28. The molecule has 1 atom stereocenters. The summed E-state index contributed by atoms with van der Waals surface area (Å²) in [4.78, 5) is 12.1. The number of amides is 1. The quantitative estimate of drug-likeness (QED) is 0.370. The Morgan fingerprint density at radius 3 is 2.50 bits per heavy atom. The summed E-state index contributed by atoms with van der Waals surface area (Å²) in [7, 11) is -0.770. The van der Waals surface area contributed by atoms with Crippen molar-refractivity contribution >= 4 is 47.1 Å². The largest absolute Gasteiger partial charge is 3.00 e. The van der Waals surface area contributed by atoms with Gasteiger partial charge < -0.3 is 35.3 Å². The van der Waals surface area contributed by atoms with Crippen LogP contribution in [0.5, 0.6) is 0 Å². The minimum atomic E-state index is -0.770. The molecule has 1 aromatic carbocycles. The SMILES string of the molecule is CC1=Cc2c(cccc2C2=C(C([NH-])=O)C=CC(Br)C2=[Si](C)C)C1.[Cl-].[Cl-].[Ti+3]. The molecule has 1 amide bonds. The van der Waals surface area contributed by atoms with Crippen LogP contribution in [0.3, 0.4) is 0 Å². The second kappa shape index (κ2) is 10.4. The number of benzene rings is 1. The Hall–Kier alpha value is -0.229. The van der Waals surface area contributed by atoms with E-state index >= 15 is 0 Å². The first kappa shape index (κ1) is 25.8. The van der Waals surface area contributed by atoms with Gasteiger partial charge in [0.2, 0.25) is 0 Å². The summed E-state index contributed by atoms with van der Waals surface area (Å²) < 4.78 is 0. The summed E-state index contributed by atoms with van der Waals surface area (Å²) in [5.74, 6) is -0.604. The van der Waals surface area contributed by atoms with Crippen molar-refractivity contribution in [3.05, 3.63) is 63.9 Å². The smallest absolute Gasteiger partial charge is 1.00 e. The Bertz CT molecular complexity index is 842. The maximum atomic E-state index is 11.9. The molecule has 0 aromatic heterocycles. The zero-order chi connectivity index (χ0) is 16.7. The Morgan fingerprint density at radius 1 is 1.27 bits per heavy atom. The topological polar surface area (TPSA) is 40.9 Å². The average Bonchev–Trinajstić information content (AvgIpc) is 2.86. The monoisotopic (exact) mass is 502 g/mol. The Kier molecular flexibility index (Phi) is 10.3. The van der Waals surface area contributed by atoms with E-state index in [1.54, 1.807) is 0 Å². The van der Waals surface area contributed by atoms with Gasteiger partial charge in [0.25, 0.3) is 0 Å². The van der Waals surface area contributed by atoms with Crippen molar-refractivity contribution in [2.24, 2.45) is 0 Å². The fourth-order valence-corrected chi connectivity index (χ4v) is 6.57. The Balaban J connectivity index is 0.00000208. The third kappa shape index (κ3) is 4.78. The number of halogens is 3. The summed E-state index contributed by atoms with van der Waals surface area (Å²) in [6, 6.07) is 6.31. The molecule has 0 aliphatic heterocycles. The predicted octanol–water partition coefficient (Wildman–Crippen LogP) is -1.17. The summed E-state index contributed by atoms with van der Waals surface area (Å²) >= 11 is 3.74. The number of carbonyl (C=O) groups is 1. The van der Waals surface area contributed by atoms with E-state index in [9.17, 15) is 4.79 Å². The van der Waals surface area contributed by atoms with Gasteiger partial charge in [-0.2, -0.15) is 0 Å². The number of allylic oxidation sites excluding steroid dienone is 3. The van der Waals surface area contributed by atoms with E-state index in [0.29, 0.717) is 5.57 Å². The van der Waals surface area contributed by atoms with Crippen LogP contribution in [0.2, 0.25) is 13.1 Å². The van der Waals surface area contributed by atoms with Crippen molar-refractivity contribution in [2.75, 3.05) is 0 Å². The second-order valence-corrected chi connectivity index (χ2v) is 9.86. The molecule has 135 valence electrons. The van der Waals surface area contributed by atoms with E-state index in [0.717, 1.165) is 17.6 Å². The third-order valence-electron chi connectivity index (χ3n) is 4.36. The first-order valence-corrected chi connectivity index (χ1v) is 11.1. The number of nitrogens with one attached hydrogen (secondary N) is 1. The maximum Gasteiger partial charge on any atom is 3.00 e. The fraction of sp³-hybridized carbons (Fsp3) is 0.263.